The summed E-state index contributed by atoms with van der Waals surface area (Å²) in [5, 5.41) is 4.17. The number of hydrogen-bond acceptors (Lipinski definition) is 9. The van der Waals surface area contributed by atoms with E-state index < -0.39 is 39.5 Å². The van der Waals surface area contributed by atoms with E-state index in [0.717, 1.165) is 28.7 Å². The summed E-state index contributed by atoms with van der Waals surface area (Å²) < 4.78 is 31.1. The number of nitrogens with zero attached hydrogens (tertiary/aromatic N) is 2. The first-order chi connectivity index (χ1) is 19.6. The quantitative estimate of drug-likeness (QED) is 0.203. The highest BCUT2D eigenvalue weighted by Gasteiger charge is 2.57. The van der Waals surface area contributed by atoms with Crippen molar-refractivity contribution in [2.24, 2.45) is 5.41 Å². The number of thioether (sulfide) groups is 1. The zero-order valence-electron chi connectivity index (χ0n) is 22.1. The normalized spacial score (nSPS) is 21.9. The van der Waals surface area contributed by atoms with E-state index in [2.05, 4.69) is 21.6 Å². The van der Waals surface area contributed by atoms with Crippen LogP contribution in [0.2, 0.25) is 0 Å². The maximum atomic E-state index is 13.7. The standard InChI is InChI=1S/C28H28N4O6S3/c1-3-28(26(35)38-23(18-10-6-4-7-11-18)19-12-8-5-9-13-19)16-32-24(34)22(25(32)40-17-28)30-21(33)14-20-15-39-27(29-20)31-41(2,36)37/h3-13,15,22-23,25H,1,14,16-17H2,2H3,(H,29,31)(H,30,33)/t22?,25-,28?/m1/s1. The number of benzene rings is 2. The largest absolute Gasteiger partial charge is 0.452 e. The van der Waals surface area contributed by atoms with E-state index in [1.165, 1.54) is 11.8 Å². The number of anilines is 1. The number of fused-ring (bicyclic) bond motifs is 1. The number of amides is 2. The van der Waals surface area contributed by atoms with Crippen LogP contribution in [-0.4, -0.2) is 66.1 Å². The number of thiazole rings is 1. The van der Waals surface area contributed by atoms with Crippen molar-refractivity contribution in [2.45, 2.75) is 23.9 Å². The molecule has 0 spiro atoms. The molecule has 0 bridgehead atoms. The fourth-order valence-corrected chi connectivity index (χ4v) is 7.81. The van der Waals surface area contributed by atoms with Crippen LogP contribution in [0.3, 0.4) is 0 Å². The highest BCUT2D eigenvalue weighted by molar-refractivity contribution is 8.00. The summed E-state index contributed by atoms with van der Waals surface area (Å²) in [4.78, 5) is 45.1. The van der Waals surface area contributed by atoms with Crippen LogP contribution in [0.25, 0.3) is 0 Å². The number of esters is 1. The molecule has 10 nitrogen and oxygen atoms in total. The fraction of sp³-hybridized carbons (Fsp3) is 0.286. The van der Waals surface area contributed by atoms with Gasteiger partial charge in [0, 0.05) is 17.7 Å². The van der Waals surface area contributed by atoms with Crippen molar-refractivity contribution in [1.29, 1.82) is 0 Å². The molecule has 2 aliphatic heterocycles. The van der Waals surface area contributed by atoms with Crippen LogP contribution >= 0.6 is 23.1 Å². The molecule has 2 aliphatic rings. The molecule has 1 aromatic heterocycles. The number of nitrogens with one attached hydrogen (secondary N) is 2. The van der Waals surface area contributed by atoms with Crippen molar-refractivity contribution in [3.63, 3.8) is 0 Å². The fourth-order valence-electron chi connectivity index (χ4n) is 4.72. The van der Waals surface area contributed by atoms with Gasteiger partial charge in [-0.25, -0.2) is 13.4 Å². The molecule has 2 fully saturated rings. The summed E-state index contributed by atoms with van der Waals surface area (Å²) in [6.07, 6.45) is 1.84. The van der Waals surface area contributed by atoms with Gasteiger partial charge in [-0.1, -0.05) is 66.7 Å². The van der Waals surface area contributed by atoms with Gasteiger partial charge in [-0.2, -0.15) is 0 Å². The number of carbonyl (C=O) groups is 3. The molecule has 0 aliphatic carbocycles. The lowest BCUT2D eigenvalue weighted by Gasteiger charge is -2.53. The van der Waals surface area contributed by atoms with E-state index in [9.17, 15) is 22.8 Å². The van der Waals surface area contributed by atoms with Crippen molar-refractivity contribution in [1.82, 2.24) is 15.2 Å². The van der Waals surface area contributed by atoms with Crippen molar-refractivity contribution >= 4 is 56.0 Å². The first-order valence-corrected chi connectivity index (χ1v) is 16.5. The van der Waals surface area contributed by atoms with E-state index in [0.29, 0.717) is 11.4 Å². The van der Waals surface area contributed by atoms with Crippen molar-refractivity contribution in [3.05, 3.63) is 95.5 Å². The maximum Gasteiger partial charge on any atom is 0.319 e. The third-order valence-electron chi connectivity index (χ3n) is 6.82. The SMILES string of the molecule is C=CC1(C(=O)OC(c2ccccc2)c2ccccc2)CS[C@@H]2C(NC(=O)Cc3csc(NS(C)(=O)=O)n3)C(=O)N2C1. The van der Waals surface area contributed by atoms with Gasteiger partial charge in [0.1, 0.15) is 16.8 Å². The van der Waals surface area contributed by atoms with Gasteiger partial charge >= 0.3 is 5.97 Å². The molecule has 0 saturated carbocycles. The van der Waals surface area contributed by atoms with Crippen LogP contribution in [0, 0.1) is 5.41 Å². The first-order valence-electron chi connectivity index (χ1n) is 12.7. The molecule has 0 radical (unpaired) electrons. The number of hydrogen-bond donors (Lipinski definition) is 2. The number of aromatic nitrogens is 1. The van der Waals surface area contributed by atoms with Crippen molar-refractivity contribution in [3.8, 4) is 0 Å². The molecule has 41 heavy (non-hydrogen) atoms. The van der Waals surface area contributed by atoms with Gasteiger partial charge in [-0.3, -0.25) is 19.1 Å². The van der Waals surface area contributed by atoms with Gasteiger partial charge in [0.15, 0.2) is 11.2 Å². The molecule has 2 N–H and O–H groups in total. The number of rotatable bonds is 10. The smallest absolute Gasteiger partial charge is 0.319 e. The third-order valence-corrected chi connectivity index (χ3v) is 9.86. The number of sulfonamides is 1. The van der Waals surface area contributed by atoms with E-state index in [-0.39, 0.29) is 29.4 Å². The number of ether oxygens (including phenoxy) is 1. The monoisotopic (exact) mass is 612 g/mol. The molecule has 3 aromatic rings. The minimum Gasteiger partial charge on any atom is -0.452 e. The molecule has 3 heterocycles. The Hall–Kier alpha value is -3.68. The minimum absolute atomic E-state index is 0.0983. The zero-order chi connectivity index (χ0) is 29.2. The second kappa shape index (κ2) is 11.7. The van der Waals surface area contributed by atoms with Crippen LogP contribution in [0.4, 0.5) is 5.13 Å². The molecule has 2 saturated heterocycles. The Balaban J connectivity index is 1.23. The molecule has 13 heteroatoms. The van der Waals surface area contributed by atoms with Crippen LogP contribution in [-0.2, 0) is 35.6 Å². The second-order valence-electron chi connectivity index (χ2n) is 9.87. The highest BCUT2D eigenvalue weighted by atomic mass is 32.2. The lowest BCUT2D eigenvalue weighted by molar-refractivity contribution is -0.162. The predicted octanol–water partition coefficient (Wildman–Crippen LogP) is 2.96. The Morgan fingerprint density at radius 3 is 2.39 bits per heavy atom. The summed E-state index contributed by atoms with van der Waals surface area (Å²) in [6, 6.07) is 18.2. The van der Waals surface area contributed by atoms with Crippen molar-refractivity contribution in [2.75, 3.05) is 23.3 Å². The second-order valence-corrected chi connectivity index (χ2v) is 13.6. The zero-order valence-corrected chi connectivity index (χ0v) is 24.5. The highest BCUT2D eigenvalue weighted by Crippen LogP contribution is 2.44. The van der Waals surface area contributed by atoms with E-state index >= 15 is 0 Å². The summed E-state index contributed by atoms with van der Waals surface area (Å²) in [5.74, 6) is -0.847. The Labute approximate surface area is 246 Å². The van der Waals surface area contributed by atoms with Gasteiger partial charge in [-0.15, -0.1) is 29.7 Å². The molecule has 2 aromatic carbocycles. The Kier molecular flexibility index (Phi) is 8.20. The summed E-state index contributed by atoms with van der Waals surface area (Å²) in [5.41, 5.74) is 0.930. The lowest BCUT2D eigenvalue weighted by Crippen LogP contribution is -2.73. The Morgan fingerprint density at radius 1 is 1.17 bits per heavy atom. The molecule has 214 valence electrons. The molecular weight excluding hydrogens is 585 g/mol. The molecule has 2 unspecified atom stereocenters. The van der Waals surface area contributed by atoms with Gasteiger partial charge in [0.25, 0.3) is 0 Å². The molecule has 5 rings (SSSR count). The average Bonchev–Trinajstić information content (AvgIpc) is 3.39. The topological polar surface area (TPSA) is 135 Å². The minimum atomic E-state index is -3.48. The lowest BCUT2D eigenvalue weighted by atomic mass is 9.87. The van der Waals surface area contributed by atoms with Gasteiger partial charge in [0.2, 0.25) is 21.8 Å². The Morgan fingerprint density at radius 2 is 1.80 bits per heavy atom. The summed E-state index contributed by atoms with van der Waals surface area (Å²) in [6.45, 7) is 4.01. The summed E-state index contributed by atoms with van der Waals surface area (Å²) >= 11 is 2.46. The molecular formula is C28H28N4O6S3. The predicted molar refractivity (Wildman–Crippen MR) is 158 cm³/mol. The van der Waals surface area contributed by atoms with Crippen LogP contribution in [0.1, 0.15) is 22.9 Å². The van der Waals surface area contributed by atoms with E-state index in [1.807, 2.05) is 60.7 Å². The van der Waals surface area contributed by atoms with Crippen LogP contribution in [0.15, 0.2) is 78.7 Å². The summed E-state index contributed by atoms with van der Waals surface area (Å²) in [7, 11) is -3.48. The number of carbonyl (C=O) groups excluding carboxylic acids is 3. The average molecular weight is 613 g/mol. The maximum absolute atomic E-state index is 13.7. The molecule has 3 atom stereocenters. The first kappa shape index (κ1) is 28.8. The van der Waals surface area contributed by atoms with Crippen molar-refractivity contribution < 1.29 is 27.5 Å². The Bertz CT molecular complexity index is 1520. The number of β-lactam (4-membered cyclic amide) rings is 1. The van der Waals surface area contributed by atoms with Gasteiger partial charge in [0.05, 0.1) is 18.4 Å². The van der Waals surface area contributed by atoms with Gasteiger partial charge < -0.3 is 15.0 Å². The van der Waals surface area contributed by atoms with E-state index in [1.54, 1.807) is 16.4 Å². The van der Waals surface area contributed by atoms with Crippen LogP contribution < -0.4 is 10.0 Å². The van der Waals surface area contributed by atoms with Crippen LogP contribution in [0.5, 0.6) is 0 Å². The third kappa shape index (κ3) is 6.31. The van der Waals surface area contributed by atoms with Gasteiger partial charge in [-0.05, 0) is 11.1 Å². The van der Waals surface area contributed by atoms with E-state index in [4.69, 9.17) is 4.74 Å². The molecule has 2 amide bonds.